The van der Waals surface area contributed by atoms with E-state index in [1.54, 1.807) is 11.8 Å². The Bertz CT molecular complexity index is 666. The Morgan fingerprint density at radius 3 is 2.77 bits per heavy atom. The van der Waals surface area contributed by atoms with Gasteiger partial charge >= 0.3 is 6.03 Å². The molecule has 0 spiro atoms. The number of amides is 3. The fraction of sp³-hybridized carbons (Fsp3) is 0.375. The minimum absolute atomic E-state index is 0.142. The van der Waals surface area contributed by atoms with Crippen LogP contribution in [0.15, 0.2) is 35.5 Å². The van der Waals surface area contributed by atoms with Crippen molar-refractivity contribution in [1.29, 1.82) is 0 Å². The van der Waals surface area contributed by atoms with Crippen LogP contribution < -0.4 is 10.6 Å². The van der Waals surface area contributed by atoms with Crippen molar-refractivity contribution in [2.24, 2.45) is 0 Å². The molecule has 2 heterocycles. The summed E-state index contributed by atoms with van der Waals surface area (Å²) >= 11 is 0. The molecule has 3 amide bonds. The van der Waals surface area contributed by atoms with Crippen molar-refractivity contribution in [3.05, 3.63) is 46.7 Å². The van der Waals surface area contributed by atoms with E-state index in [0.29, 0.717) is 17.8 Å². The summed E-state index contributed by atoms with van der Waals surface area (Å²) in [6.07, 6.45) is -0.606. The SMILES string of the molecule is Cc1ccccc1[C@@H]1NC(=O)NC2=C1C(=O)N(C[C@@H](C)O)C2. The Morgan fingerprint density at radius 1 is 1.36 bits per heavy atom. The van der Waals surface area contributed by atoms with E-state index in [9.17, 15) is 14.7 Å². The highest BCUT2D eigenvalue weighted by molar-refractivity contribution is 6.01. The maximum Gasteiger partial charge on any atom is 0.319 e. The molecule has 0 unspecified atom stereocenters. The van der Waals surface area contributed by atoms with Gasteiger partial charge in [0, 0.05) is 6.54 Å². The zero-order chi connectivity index (χ0) is 15.9. The van der Waals surface area contributed by atoms with Crippen LogP contribution in [0.1, 0.15) is 24.1 Å². The topological polar surface area (TPSA) is 81.7 Å². The second-order valence-electron chi connectivity index (χ2n) is 5.81. The van der Waals surface area contributed by atoms with Crippen LogP contribution in [0, 0.1) is 6.92 Å². The minimum Gasteiger partial charge on any atom is -0.392 e. The quantitative estimate of drug-likeness (QED) is 0.773. The average molecular weight is 301 g/mol. The van der Waals surface area contributed by atoms with E-state index >= 15 is 0 Å². The van der Waals surface area contributed by atoms with Gasteiger partial charge in [0.25, 0.3) is 5.91 Å². The van der Waals surface area contributed by atoms with E-state index in [1.807, 2.05) is 31.2 Å². The molecular weight excluding hydrogens is 282 g/mol. The molecule has 6 nitrogen and oxygen atoms in total. The molecule has 0 fully saturated rings. The smallest absolute Gasteiger partial charge is 0.319 e. The summed E-state index contributed by atoms with van der Waals surface area (Å²) in [7, 11) is 0. The van der Waals surface area contributed by atoms with Gasteiger partial charge in [-0.3, -0.25) is 4.79 Å². The van der Waals surface area contributed by atoms with E-state index < -0.39 is 12.1 Å². The normalized spacial score (nSPS) is 22.3. The molecule has 2 aliphatic rings. The summed E-state index contributed by atoms with van der Waals surface area (Å²) in [5.41, 5.74) is 3.12. The van der Waals surface area contributed by atoms with Gasteiger partial charge in [-0.25, -0.2) is 4.79 Å². The number of carbonyl (C=O) groups excluding carboxylic acids is 2. The van der Waals surface area contributed by atoms with Gasteiger partial charge in [0.1, 0.15) is 0 Å². The predicted octanol–water partition coefficient (Wildman–Crippen LogP) is 0.826. The molecule has 0 saturated carbocycles. The molecule has 2 aliphatic heterocycles. The molecule has 0 bridgehead atoms. The number of benzene rings is 1. The molecule has 0 aliphatic carbocycles. The summed E-state index contributed by atoms with van der Waals surface area (Å²) < 4.78 is 0. The molecule has 0 saturated heterocycles. The van der Waals surface area contributed by atoms with Crippen molar-refractivity contribution in [2.75, 3.05) is 13.1 Å². The number of aliphatic hydroxyl groups is 1. The number of rotatable bonds is 3. The largest absolute Gasteiger partial charge is 0.392 e. The Balaban J connectivity index is 1.98. The molecule has 116 valence electrons. The third-order valence-corrected chi connectivity index (χ3v) is 4.00. The molecule has 3 rings (SSSR count). The Hall–Kier alpha value is -2.34. The predicted molar refractivity (Wildman–Crippen MR) is 80.9 cm³/mol. The third-order valence-electron chi connectivity index (χ3n) is 4.00. The second kappa shape index (κ2) is 5.46. The molecule has 0 aromatic heterocycles. The average Bonchev–Trinajstić information content (AvgIpc) is 2.74. The first-order chi connectivity index (χ1) is 10.5. The van der Waals surface area contributed by atoms with Gasteiger partial charge in [-0.2, -0.15) is 0 Å². The highest BCUT2D eigenvalue weighted by atomic mass is 16.3. The van der Waals surface area contributed by atoms with Crippen molar-refractivity contribution in [1.82, 2.24) is 15.5 Å². The van der Waals surface area contributed by atoms with E-state index in [2.05, 4.69) is 10.6 Å². The lowest BCUT2D eigenvalue weighted by Gasteiger charge is -2.26. The number of hydrogen-bond acceptors (Lipinski definition) is 3. The van der Waals surface area contributed by atoms with Gasteiger partial charge < -0.3 is 20.6 Å². The molecule has 6 heteroatoms. The molecule has 0 radical (unpaired) electrons. The monoisotopic (exact) mass is 301 g/mol. The number of aliphatic hydroxyl groups excluding tert-OH is 1. The summed E-state index contributed by atoms with van der Waals surface area (Å²) in [5, 5.41) is 15.1. The highest BCUT2D eigenvalue weighted by Crippen LogP contribution is 2.33. The van der Waals surface area contributed by atoms with E-state index in [1.165, 1.54) is 0 Å². The Kier molecular flexibility index (Phi) is 3.62. The van der Waals surface area contributed by atoms with Crippen LogP contribution in [0.3, 0.4) is 0 Å². The fourth-order valence-corrected chi connectivity index (χ4v) is 3.04. The highest BCUT2D eigenvalue weighted by Gasteiger charge is 2.40. The first-order valence-electron chi connectivity index (χ1n) is 7.31. The van der Waals surface area contributed by atoms with Gasteiger partial charge in [0.2, 0.25) is 0 Å². The molecule has 1 aromatic rings. The lowest BCUT2D eigenvalue weighted by molar-refractivity contribution is -0.126. The summed E-state index contributed by atoms with van der Waals surface area (Å²) in [6.45, 7) is 4.17. The van der Waals surface area contributed by atoms with E-state index in [-0.39, 0.29) is 18.5 Å². The Labute approximate surface area is 128 Å². The van der Waals surface area contributed by atoms with Crippen LogP contribution in [0.2, 0.25) is 0 Å². The number of nitrogens with zero attached hydrogens (tertiary/aromatic N) is 1. The fourth-order valence-electron chi connectivity index (χ4n) is 3.04. The molecule has 1 aromatic carbocycles. The lowest BCUT2D eigenvalue weighted by atomic mass is 9.93. The van der Waals surface area contributed by atoms with Crippen LogP contribution in [0.5, 0.6) is 0 Å². The zero-order valence-corrected chi connectivity index (χ0v) is 12.6. The van der Waals surface area contributed by atoms with Gasteiger partial charge in [0.05, 0.1) is 30.0 Å². The molecule has 22 heavy (non-hydrogen) atoms. The number of β-amino-alcohol motifs (C(OH)–C–C–N with tert-alkyl or cyclic N) is 1. The van der Waals surface area contributed by atoms with Gasteiger partial charge in [-0.05, 0) is 25.0 Å². The number of hydrogen-bond donors (Lipinski definition) is 3. The van der Waals surface area contributed by atoms with Crippen molar-refractivity contribution >= 4 is 11.9 Å². The summed E-state index contributed by atoms with van der Waals surface area (Å²) in [6, 6.07) is 6.93. The maximum absolute atomic E-state index is 12.6. The van der Waals surface area contributed by atoms with Gasteiger partial charge in [0.15, 0.2) is 0 Å². The number of carbonyl (C=O) groups is 2. The standard InChI is InChI=1S/C16H19N3O3/c1-9-5-3-4-6-11(9)14-13-12(17-16(22)18-14)8-19(15(13)21)7-10(2)20/h3-6,10,14,20H,7-8H2,1-2H3,(H2,17,18,22)/t10-,14+/m1/s1. The zero-order valence-electron chi connectivity index (χ0n) is 12.6. The van der Waals surface area contributed by atoms with Crippen LogP contribution in [-0.4, -0.2) is 41.1 Å². The second-order valence-corrected chi connectivity index (χ2v) is 5.81. The van der Waals surface area contributed by atoms with Crippen LogP contribution in [0.25, 0.3) is 0 Å². The Morgan fingerprint density at radius 2 is 2.09 bits per heavy atom. The van der Waals surface area contributed by atoms with Crippen molar-refractivity contribution in [2.45, 2.75) is 26.0 Å². The minimum atomic E-state index is -0.606. The first-order valence-corrected chi connectivity index (χ1v) is 7.31. The van der Waals surface area contributed by atoms with E-state index in [4.69, 9.17) is 0 Å². The molecular formula is C16H19N3O3. The van der Waals surface area contributed by atoms with Crippen molar-refractivity contribution < 1.29 is 14.7 Å². The number of nitrogens with one attached hydrogen (secondary N) is 2. The first kappa shape index (κ1) is 14.6. The van der Waals surface area contributed by atoms with Crippen molar-refractivity contribution in [3.63, 3.8) is 0 Å². The molecule has 3 N–H and O–H groups in total. The lowest BCUT2D eigenvalue weighted by Crippen LogP contribution is -2.44. The van der Waals surface area contributed by atoms with Gasteiger partial charge in [-0.1, -0.05) is 24.3 Å². The third kappa shape index (κ3) is 2.46. The number of aryl methyl sites for hydroxylation is 1. The summed E-state index contributed by atoms with van der Waals surface area (Å²) in [5.74, 6) is -0.142. The van der Waals surface area contributed by atoms with Crippen molar-refractivity contribution in [3.8, 4) is 0 Å². The molecule has 2 atom stereocenters. The summed E-state index contributed by atoms with van der Waals surface area (Å²) in [4.78, 5) is 26.1. The van der Waals surface area contributed by atoms with Crippen LogP contribution in [-0.2, 0) is 4.79 Å². The van der Waals surface area contributed by atoms with Crippen LogP contribution >= 0.6 is 0 Å². The van der Waals surface area contributed by atoms with E-state index in [0.717, 1.165) is 11.1 Å². The maximum atomic E-state index is 12.6. The van der Waals surface area contributed by atoms with Gasteiger partial charge in [-0.15, -0.1) is 0 Å². The number of urea groups is 1. The van der Waals surface area contributed by atoms with Crippen LogP contribution in [0.4, 0.5) is 4.79 Å².